The van der Waals surface area contributed by atoms with Gasteiger partial charge in [-0.1, -0.05) is 18.9 Å². The first-order chi connectivity index (χ1) is 13.3. The second-order valence-electron chi connectivity index (χ2n) is 7.57. The summed E-state index contributed by atoms with van der Waals surface area (Å²) < 4.78 is 0.625. The smallest absolute Gasteiger partial charge is 0.303 e. The Morgan fingerprint density at radius 2 is 0.964 bits per heavy atom. The minimum Gasteiger partial charge on any atom is -0.481 e. The van der Waals surface area contributed by atoms with Gasteiger partial charge in [0, 0.05) is 19.3 Å². The molecule has 0 bridgehead atoms. The van der Waals surface area contributed by atoms with Gasteiger partial charge < -0.3 is 19.8 Å². The third kappa shape index (κ3) is 15.2. The summed E-state index contributed by atoms with van der Waals surface area (Å²) in [5.41, 5.74) is 0. The molecule has 28 heavy (non-hydrogen) atoms. The normalized spacial score (nSPS) is 11.3. The number of unbranched alkanes of at least 4 members (excludes halogenated alkanes) is 5. The van der Waals surface area contributed by atoms with Crippen molar-refractivity contribution < 1.29 is 34.2 Å². The largest absolute Gasteiger partial charge is 0.481 e. The van der Waals surface area contributed by atoms with Crippen LogP contribution < -0.4 is 0 Å². The van der Waals surface area contributed by atoms with E-state index < -0.39 is 17.9 Å². The predicted molar refractivity (Wildman–Crippen MR) is 108 cm³/mol. The molecule has 0 rings (SSSR count). The molecule has 7 heteroatoms. The zero-order valence-electron chi connectivity index (χ0n) is 17.1. The van der Waals surface area contributed by atoms with Gasteiger partial charge in [0.05, 0.1) is 45.4 Å². The molecule has 0 spiro atoms. The number of aliphatic carboxylic acids is 3. The van der Waals surface area contributed by atoms with Crippen molar-refractivity contribution in [1.29, 1.82) is 0 Å². The topological polar surface area (TPSA) is 112 Å². The first kappa shape index (κ1) is 26.1. The maximum absolute atomic E-state index is 10.9. The van der Waals surface area contributed by atoms with E-state index in [0.717, 1.165) is 45.1 Å². The van der Waals surface area contributed by atoms with Gasteiger partial charge in [0.2, 0.25) is 0 Å². The van der Waals surface area contributed by atoms with Crippen LogP contribution in [0.15, 0.2) is 12.7 Å². The molecular formula is C21H38NO6+. The number of hydrogen-bond acceptors (Lipinski definition) is 3. The van der Waals surface area contributed by atoms with E-state index in [2.05, 4.69) is 6.58 Å². The summed E-state index contributed by atoms with van der Waals surface area (Å²) in [7, 11) is 0. The van der Waals surface area contributed by atoms with E-state index in [9.17, 15) is 14.4 Å². The van der Waals surface area contributed by atoms with Crippen LogP contribution in [0.5, 0.6) is 0 Å². The van der Waals surface area contributed by atoms with Crippen LogP contribution in [-0.2, 0) is 14.4 Å². The first-order valence-corrected chi connectivity index (χ1v) is 10.4. The Morgan fingerprint density at radius 1 is 0.607 bits per heavy atom. The van der Waals surface area contributed by atoms with Crippen LogP contribution in [0.4, 0.5) is 0 Å². The van der Waals surface area contributed by atoms with Gasteiger partial charge in [0.15, 0.2) is 0 Å². The van der Waals surface area contributed by atoms with Crippen molar-refractivity contribution in [3.05, 3.63) is 12.7 Å². The number of hydrogen-bond donors (Lipinski definition) is 3. The highest BCUT2D eigenvalue weighted by Crippen LogP contribution is 2.18. The van der Waals surface area contributed by atoms with E-state index in [0.29, 0.717) is 43.4 Å². The van der Waals surface area contributed by atoms with Crippen molar-refractivity contribution in [2.24, 2.45) is 0 Å². The number of carbonyl (C=O) groups is 3. The van der Waals surface area contributed by atoms with Crippen molar-refractivity contribution in [2.75, 3.05) is 26.2 Å². The van der Waals surface area contributed by atoms with Gasteiger partial charge in [-0.2, -0.15) is 0 Å². The molecule has 0 aliphatic rings. The Balaban J connectivity index is 4.80. The number of rotatable bonds is 20. The number of nitrogens with zero attached hydrogens (tertiary/aromatic N) is 1. The van der Waals surface area contributed by atoms with Crippen molar-refractivity contribution in [2.45, 2.75) is 77.0 Å². The van der Waals surface area contributed by atoms with E-state index in [1.54, 1.807) is 0 Å². The molecule has 0 aliphatic heterocycles. The minimum absolute atomic E-state index is 0.0828. The van der Waals surface area contributed by atoms with E-state index >= 15 is 0 Å². The van der Waals surface area contributed by atoms with Crippen LogP contribution in [0.3, 0.4) is 0 Å². The van der Waals surface area contributed by atoms with E-state index in [4.69, 9.17) is 15.3 Å². The zero-order valence-corrected chi connectivity index (χ0v) is 17.1. The Bertz CT molecular complexity index is 427. The molecule has 0 amide bonds. The van der Waals surface area contributed by atoms with Crippen LogP contribution in [0.25, 0.3) is 0 Å². The maximum Gasteiger partial charge on any atom is 0.303 e. The van der Waals surface area contributed by atoms with Crippen LogP contribution in [0.2, 0.25) is 0 Å². The lowest BCUT2D eigenvalue weighted by atomic mass is 10.1. The van der Waals surface area contributed by atoms with Crippen LogP contribution >= 0.6 is 0 Å². The molecule has 0 saturated heterocycles. The van der Waals surface area contributed by atoms with Crippen molar-refractivity contribution >= 4 is 17.9 Å². The minimum atomic E-state index is -0.837. The molecule has 0 fully saturated rings. The Labute approximate surface area is 168 Å². The molecule has 0 aromatic carbocycles. The summed E-state index contributed by atoms with van der Waals surface area (Å²) in [5, 5.41) is 26.9. The lowest BCUT2D eigenvalue weighted by Gasteiger charge is -2.39. The molecule has 3 N–H and O–H groups in total. The predicted octanol–water partition coefficient (Wildman–Crippen LogP) is 3.92. The van der Waals surface area contributed by atoms with Gasteiger partial charge in [0.1, 0.15) is 0 Å². The molecule has 0 radical (unpaired) electrons. The number of carboxylic acid groups (broad SMARTS) is 3. The second kappa shape index (κ2) is 16.1. The number of carboxylic acids is 3. The average Bonchev–Trinajstić information content (AvgIpc) is 2.60. The lowest BCUT2D eigenvalue weighted by Crippen LogP contribution is -2.51. The molecule has 7 nitrogen and oxygen atoms in total. The molecule has 0 saturated carbocycles. The third-order valence-corrected chi connectivity index (χ3v) is 5.11. The highest BCUT2D eigenvalue weighted by molar-refractivity contribution is 5.67. The summed E-state index contributed by atoms with van der Waals surface area (Å²) in [6.07, 6.45) is 10.3. The maximum atomic E-state index is 10.9. The molecule has 0 atom stereocenters. The van der Waals surface area contributed by atoms with Crippen LogP contribution in [-0.4, -0.2) is 63.9 Å². The van der Waals surface area contributed by atoms with Gasteiger partial charge in [0.25, 0.3) is 0 Å². The lowest BCUT2D eigenvalue weighted by molar-refractivity contribution is -0.929. The van der Waals surface area contributed by atoms with E-state index in [-0.39, 0.29) is 19.3 Å². The highest BCUT2D eigenvalue weighted by atomic mass is 16.4. The summed E-state index contributed by atoms with van der Waals surface area (Å²) in [4.78, 5) is 32.7. The van der Waals surface area contributed by atoms with Crippen molar-refractivity contribution in [3.63, 3.8) is 0 Å². The summed E-state index contributed by atoms with van der Waals surface area (Å²) in [6.45, 7) is 6.53. The third-order valence-electron chi connectivity index (χ3n) is 5.11. The number of quaternary nitrogens is 1. The van der Waals surface area contributed by atoms with E-state index in [1.165, 1.54) is 0 Å². The Kier molecular flexibility index (Phi) is 15.0. The van der Waals surface area contributed by atoms with Gasteiger partial charge in [-0.05, 0) is 25.7 Å². The van der Waals surface area contributed by atoms with Crippen LogP contribution in [0, 0.1) is 0 Å². The summed E-state index contributed by atoms with van der Waals surface area (Å²) in [6, 6.07) is 0. The SMILES string of the molecule is C=CCCCCCCC[N+](CCCC(=O)O)(CCCC(=O)O)CCCC(=O)O. The quantitative estimate of drug-likeness (QED) is 0.162. The Hall–Kier alpha value is -1.89. The standard InChI is InChI=1S/C21H37NO6/c1-2-3-4-5-6-7-8-15-22(16-9-12-19(23)24,17-10-13-20(25)26)18-11-14-21(27)28/h2H,1,3-18H2,(H2-,23,24,25,26,27,28)/p+1. The van der Waals surface area contributed by atoms with Gasteiger partial charge in [-0.25, -0.2) is 0 Å². The number of allylic oxidation sites excluding steroid dienone is 1. The molecule has 162 valence electrons. The molecule has 0 aromatic rings. The van der Waals surface area contributed by atoms with Gasteiger partial charge >= 0.3 is 17.9 Å². The molecule has 0 heterocycles. The summed E-state index contributed by atoms with van der Waals surface area (Å²) >= 11 is 0. The van der Waals surface area contributed by atoms with Crippen molar-refractivity contribution in [3.8, 4) is 0 Å². The highest BCUT2D eigenvalue weighted by Gasteiger charge is 2.27. The second-order valence-corrected chi connectivity index (χ2v) is 7.57. The first-order valence-electron chi connectivity index (χ1n) is 10.4. The molecule has 0 unspecified atom stereocenters. The summed E-state index contributed by atoms with van der Waals surface area (Å²) in [5.74, 6) is -2.51. The monoisotopic (exact) mass is 400 g/mol. The van der Waals surface area contributed by atoms with Crippen LogP contribution in [0.1, 0.15) is 77.0 Å². The van der Waals surface area contributed by atoms with Gasteiger partial charge in [-0.15, -0.1) is 6.58 Å². The fourth-order valence-electron chi connectivity index (χ4n) is 3.63. The molecule has 0 aromatic heterocycles. The molecular weight excluding hydrogens is 362 g/mol. The average molecular weight is 401 g/mol. The van der Waals surface area contributed by atoms with Gasteiger partial charge in [-0.3, -0.25) is 14.4 Å². The zero-order chi connectivity index (χ0) is 21.3. The Morgan fingerprint density at radius 3 is 1.36 bits per heavy atom. The molecule has 0 aliphatic carbocycles. The van der Waals surface area contributed by atoms with Crippen molar-refractivity contribution in [1.82, 2.24) is 0 Å². The van der Waals surface area contributed by atoms with E-state index in [1.807, 2.05) is 6.08 Å². The fraction of sp³-hybridized carbons (Fsp3) is 0.762. The fourth-order valence-corrected chi connectivity index (χ4v) is 3.63.